The molecular formula is C30H51BClMnN6. The molecule has 0 atom stereocenters. The van der Waals surface area contributed by atoms with Gasteiger partial charge in [0.2, 0.25) is 0 Å². The molecule has 0 unspecified atom stereocenters. The average Bonchev–Trinajstić information content (AvgIpc) is 3.52. The molecule has 0 aliphatic heterocycles. The molecule has 0 saturated heterocycles. The second-order valence-corrected chi connectivity index (χ2v) is 14.8. The van der Waals surface area contributed by atoms with Crippen molar-refractivity contribution in [3.63, 3.8) is 0 Å². The first kappa shape index (κ1) is 33.7. The summed E-state index contributed by atoms with van der Waals surface area (Å²) in [5, 5.41) is 15.9. The third-order valence-corrected chi connectivity index (χ3v) is 7.03. The summed E-state index contributed by atoms with van der Waals surface area (Å²) < 4.78 is 6.59. The van der Waals surface area contributed by atoms with E-state index >= 15 is 0 Å². The van der Waals surface area contributed by atoms with Crippen molar-refractivity contribution < 1.29 is 15.1 Å². The van der Waals surface area contributed by atoms with E-state index < -0.39 is 0 Å². The van der Waals surface area contributed by atoms with Crippen molar-refractivity contribution >= 4 is 17.2 Å². The van der Waals surface area contributed by atoms with Gasteiger partial charge >= 0.3 is 25.2 Å². The van der Waals surface area contributed by atoms with Crippen LogP contribution in [-0.2, 0) is 31.3 Å². The summed E-state index contributed by atoms with van der Waals surface area (Å²) in [5.74, 6) is 0.893. The number of aromatic nitrogens is 6. The summed E-state index contributed by atoms with van der Waals surface area (Å²) in [7, 11) is 4.11. The van der Waals surface area contributed by atoms with Crippen LogP contribution in [0, 0.1) is 0 Å². The molecule has 1 radical (unpaired) electrons. The van der Waals surface area contributed by atoms with E-state index in [2.05, 4.69) is 161 Å². The number of rotatable bonds is 6. The SMILES string of the molecule is CC(C)c1cc(C(C)(C)C)nn1[B-](n1nc(C(C)(C)C)cc1C(C)C)n1nc(C(C)(C)C)cc1C(C)C.[Cl][Mn+]. The summed E-state index contributed by atoms with van der Waals surface area (Å²) in [6.07, 6.45) is 0. The summed E-state index contributed by atoms with van der Waals surface area (Å²) in [5.41, 5.74) is 6.65. The Labute approximate surface area is 250 Å². The predicted octanol–water partition coefficient (Wildman–Crippen LogP) is 8.16. The van der Waals surface area contributed by atoms with Crippen LogP contribution in [0.1, 0.15) is 156 Å². The predicted molar refractivity (Wildman–Crippen MR) is 163 cm³/mol. The van der Waals surface area contributed by atoms with Crippen LogP contribution in [0.15, 0.2) is 18.2 Å². The third kappa shape index (κ3) is 7.43. The molecule has 3 aromatic rings. The second-order valence-electron chi connectivity index (χ2n) is 14.8. The van der Waals surface area contributed by atoms with E-state index in [0.717, 1.165) is 17.1 Å². The van der Waals surface area contributed by atoms with Gasteiger partial charge in [-0.25, -0.2) is 15.3 Å². The van der Waals surface area contributed by atoms with E-state index in [0.29, 0.717) is 17.8 Å². The van der Waals surface area contributed by atoms with E-state index in [9.17, 15) is 0 Å². The first-order valence-electron chi connectivity index (χ1n) is 14.2. The van der Waals surface area contributed by atoms with Crippen LogP contribution < -0.4 is 0 Å². The van der Waals surface area contributed by atoms with Gasteiger partial charge in [0.25, 0.3) is 7.12 Å². The fourth-order valence-electron chi connectivity index (χ4n) is 4.49. The first-order valence-corrected chi connectivity index (χ1v) is 15.8. The summed E-state index contributed by atoms with van der Waals surface area (Å²) in [6.45, 7) is 33.6. The van der Waals surface area contributed by atoms with Gasteiger partial charge in [0.15, 0.2) is 0 Å². The Hall–Kier alpha value is -1.50. The average molecular weight is 597 g/mol. The van der Waals surface area contributed by atoms with E-state index in [1.807, 2.05) is 0 Å². The fourth-order valence-corrected chi connectivity index (χ4v) is 4.49. The summed E-state index contributed by atoms with van der Waals surface area (Å²) in [4.78, 5) is 0. The van der Waals surface area contributed by atoms with Gasteiger partial charge in [-0.2, -0.15) is 0 Å². The maximum absolute atomic E-state index is 5.29. The minimum absolute atomic E-state index is 0.0669. The Morgan fingerprint density at radius 2 is 0.744 bits per heavy atom. The molecule has 0 bridgehead atoms. The zero-order chi connectivity index (χ0) is 30.2. The molecule has 0 N–H and O–H groups in total. The van der Waals surface area contributed by atoms with Crippen LogP contribution >= 0.6 is 10.1 Å². The minimum atomic E-state index is -0.338. The van der Waals surface area contributed by atoms with E-state index in [-0.39, 0.29) is 23.4 Å². The zero-order valence-electron chi connectivity index (χ0n) is 27.0. The molecule has 3 rings (SSSR count). The Bertz CT molecular complexity index is 1080. The van der Waals surface area contributed by atoms with Crippen LogP contribution in [0.2, 0.25) is 0 Å². The van der Waals surface area contributed by atoms with Crippen molar-refractivity contribution in [3.05, 3.63) is 52.4 Å². The maximum atomic E-state index is 5.29. The molecule has 0 aliphatic rings. The number of nitrogens with zero attached hydrogens (tertiary/aromatic N) is 6. The standard InChI is InChI=1S/C30H51BN6.ClH.Mn/c1-19(2)22-16-25(28(7,8)9)32-35(22)31(36-23(20(3)4)17-26(33-36)29(10,11)12)37-24(21(5)6)18-27(34-37)30(13,14)15;;/h16-21H,1-15H3;1H;/q-1;;+2/p-1. The van der Waals surface area contributed by atoms with Crippen LogP contribution in [0.4, 0.5) is 0 Å². The van der Waals surface area contributed by atoms with Crippen molar-refractivity contribution in [2.24, 2.45) is 0 Å². The Morgan fingerprint density at radius 1 is 0.538 bits per heavy atom. The third-order valence-electron chi connectivity index (χ3n) is 7.03. The summed E-state index contributed by atoms with van der Waals surface area (Å²) in [6, 6.07) is 6.85. The first-order chi connectivity index (χ1) is 17.7. The van der Waals surface area contributed by atoms with Crippen LogP contribution in [0.5, 0.6) is 0 Å². The summed E-state index contributed by atoms with van der Waals surface area (Å²) >= 11 is 2.41. The van der Waals surface area contributed by atoms with Gasteiger partial charge in [-0.1, -0.05) is 104 Å². The fraction of sp³-hybridized carbons (Fsp3) is 0.700. The van der Waals surface area contributed by atoms with Crippen molar-refractivity contribution in [1.82, 2.24) is 29.1 Å². The van der Waals surface area contributed by atoms with Crippen molar-refractivity contribution in [2.75, 3.05) is 0 Å². The quantitative estimate of drug-likeness (QED) is 0.270. The second kappa shape index (κ2) is 12.2. The molecular weight excluding hydrogens is 546 g/mol. The molecule has 6 nitrogen and oxygen atoms in total. The molecule has 3 heterocycles. The monoisotopic (exact) mass is 596 g/mol. The molecule has 0 saturated carbocycles. The van der Waals surface area contributed by atoms with E-state index in [4.69, 9.17) is 15.3 Å². The number of halogens is 1. The van der Waals surface area contributed by atoms with Crippen LogP contribution in [0.3, 0.4) is 0 Å². The van der Waals surface area contributed by atoms with Gasteiger partial charge < -0.3 is 13.8 Å². The van der Waals surface area contributed by atoms with Gasteiger partial charge in [0.05, 0.1) is 17.1 Å². The van der Waals surface area contributed by atoms with Gasteiger partial charge in [0.1, 0.15) is 0 Å². The molecule has 0 aliphatic carbocycles. The number of hydrogen-bond donors (Lipinski definition) is 0. The Morgan fingerprint density at radius 3 is 0.897 bits per heavy atom. The molecule has 39 heavy (non-hydrogen) atoms. The Balaban J connectivity index is 0.00000260. The molecule has 218 valence electrons. The van der Waals surface area contributed by atoms with Gasteiger partial charge in [-0.05, 0) is 53.0 Å². The van der Waals surface area contributed by atoms with Gasteiger partial charge in [-0.3, -0.25) is 0 Å². The molecule has 3 aromatic heterocycles. The molecule has 0 fully saturated rings. The van der Waals surface area contributed by atoms with Crippen molar-refractivity contribution in [2.45, 2.75) is 138 Å². The topological polar surface area (TPSA) is 53.5 Å². The Kier molecular flexibility index (Phi) is 10.5. The van der Waals surface area contributed by atoms with Crippen LogP contribution in [-0.4, -0.2) is 36.2 Å². The molecule has 0 spiro atoms. The molecule has 0 aromatic carbocycles. The number of hydrogen-bond acceptors (Lipinski definition) is 3. The van der Waals surface area contributed by atoms with Crippen molar-refractivity contribution in [3.8, 4) is 0 Å². The molecule has 0 amide bonds. The van der Waals surface area contributed by atoms with Gasteiger partial charge in [-0.15, -0.1) is 0 Å². The van der Waals surface area contributed by atoms with Gasteiger partial charge in [0, 0.05) is 16.2 Å². The zero-order valence-corrected chi connectivity index (χ0v) is 28.9. The molecule has 9 heteroatoms. The van der Waals surface area contributed by atoms with E-state index in [1.54, 1.807) is 0 Å². The van der Waals surface area contributed by atoms with Crippen LogP contribution in [0.25, 0.3) is 0 Å². The van der Waals surface area contributed by atoms with E-state index in [1.165, 1.54) is 17.1 Å². The van der Waals surface area contributed by atoms with Crippen molar-refractivity contribution in [1.29, 1.82) is 0 Å². The normalized spacial score (nSPS) is 13.1.